The molecule has 0 spiro atoms. The highest BCUT2D eigenvalue weighted by atomic mass is 79.9. The lowest BCUT2D eigenvalue weighted by atomic mass is 9.92. The Bertz CT molecular complexity index is 1190. The number of rotatable bonds is 6. The van der Waals surface area contributed by atoms with Crippen LogP contribution in [0.4, 0.5) is 17.1 Å². The van der Waals surface area contributed by atoms with E-state index in [1.54, 1.807) is 42.5 Å². The molecule has 0 saturated heterocycles. The number of hydrogen-bond acceptors (Lipinski definition) is 6. The second kappa shape index (κ2) is 7.85. The van der Waals surface area contributed by atoms with E-state index in [4.69, 9.17) is 5.11 Å². The molecule has 2 N–H and O–H groups in total. The van der Waals surface area contributed by atoms with Crippen LogP contribution in [0.25, 0.3) is 10.8 Å². The molecule has 1 heterocycles. The van der Waals surface area contributed by atoms with Crippen molar-refractivity contribution in [2.45, 2.75) is 6.42 Å². The van der Waals surface area contributed by atoms with E-state index in [1.807, 2.05) is 0 Å². The van der Waals surface area contributed by atoms with E-state index in [0.29, 0.717) is 22.0 Å². The second-order valence-electron chi connectivity index (χ2n) is 6.77. The van der Waals surface area contributed by atoms with Gasteiger partial charge in [0.15, 0.2) is 0 Å². The third-order valence-corrected chi connectivity index (χ3v) is 5.47. The number of hydrogen-bond donors (Lipinski definition) is 2. The Labute approximate surface area is 179 Å². The topological polar surface area (TPSA) is 113 Å². The smallest absolute Gasteiger partial charge is 0.294 e. The lowest BCUT2D eigenvalue weighted by Gasteiger charge is -2.27. The van der Waals surface area contributed by atoms with Crippen molar-refractivity contribution in [3.8, 4) is 0 Å². The summed E-state index contributed by atoms with van der Waals surface area (Å²) in [5.41, 5.74) is 0.981. The number of amides is 2. The van der Waals surface area contributed by atoms with Gasteiger partial charge in [-0.25, -0.2) is 0 Å². The number of aliphatic hydroxyl groups is 1. The zero-order valence-electron chi connectivity index (χ0n) is 15.6. The molecule has 0 radical (unpaired) electrons. The predicted octanol–water partition coefficient (Wildman–Crippen LogP) is 4.23. The second-order valence-corrected chi connectivity index (χ2v) is 7.69. The molecule has 0 unspecified atom stereocenters. The molecule has 9 heteroatoms. The van der Waals surface area contributed by atoms with Gasteiger partial charge in [0, 0.05) is 45.7 Å². The molecule has 2 amide bonds. The number of nitrogens with one attached hydrogen (secondary N) is 1. The van der Waals surface area contributed by atoms with E-state index in [9.17, 15) is 19.7 Å². The molecule has 1 aliphatic heterocycles. The Hall–Kier alpha value is -3.30. The summed E-state index contributed by atoms with van der Waals surface area (Å²) in [7, 11) is 0. The molecular formula is C21H16BrN3O5. The van der Waals surface area contributed by atoms with Gasteiger partial charge in [-0.1, -0.05) is 28.1 Å². The molecule has 0 atom stereocenters. The van der Waals surface area contributed by atoms with E-state index in [1.165, 1.54) is 6.07 Å². The van der Waals surface area contributed by atoms with Crippen molar-refractivity contribution < 1.29 is 19.6 Å². The normalized spacial score (nSPS) is 13.1. The van der Waals surface area contributed by atoms with Crippen molar-refractivity contribution in [2.24, 2.45) is 0 Å². The zero-order chi connectivity index (χ0) is 21.4. The summed E-state index contributed by atoms with van der Waals surface area (Å²) in [6.45, 7) is -0.138. The van der Waals surface area contributed by atoms with Crippen molar-refractivity contribution >= 4 is 55.6 Å². The Morgan fingerprint density at radius 1 is 1.07 bits per heavy atom. The summed E-state index contributed by atoms with van der Waals surface area (Å²) in [6.07, 6.45) is 0.230. The Morgan fingerprint density at radius 3 is 2.43 bits per heavy atom. The van der Waals surface area contributed by atoms with Crippen molar-refractivity contribution in [1.82, 2.24) is 4.90 Å². The molecule has 3 aromatic carbocycles. The van der Waals surface area contributed by atoms with Crippen LogP contribution >= 0.6 is 15.9 Å². The average molecular weight is 470 g/mol. The van der Waals surface area contributed by atoms with Gasteiger partial charge in [-0.05, 0) is 36.8 Å². The molecule has 152 valence electrons. The highest BCUT2D eigenvalue weighted by molar-refractivity contribution is 9.10. The van der Waals surface area contributed by atoms with Gasteiger partial charge in [0.25, 0.3) is 17.5 Å². The van der Waals surface area contributed by atoms with Gasteiger partial charge in [-0.15, -0.1) is 0 Å². The highest BCUT2D eigenvalue weighted by Gasteiger charge is 2.35. The first-order valence-corrected chi connectivity index (χ1v) is 9.95. The lowest BCUT2D eigenvalue weighted by molar-refractivity contribution is -0.383. The maximum Gasteiger partial charge on any atom is 0.294 e. The molecule has 30 heavy (non-hydrogen) atoms. The fourth-order valence-corrected chi connectivity index (χ4v) is 3.85. The molecule has 0 saturated carbocycles. The Morgan fingerprint density at radius 2 is 1.77 bits per heavy atom. The van der Waals surface area contributed by atoms with Crippen LogP contribution in [-0.2, 0) is 0 Å². The Kier molecular flexibility index (Phi) is 5.23. The zero-order valence-corrected chi connectivity index (χ0v) is 17.2. The fraction of sp³-hybridized carbons (Fsp3) is 0.143. The van der Waals surface area contributed by atoms with E-state index in [0.717, 1.165) is 9.37 Å². The fourth-order valence-electron chi connectivity index (χ4n) is 3.58. The van der Waals surface area contributed by atoms with Crippen LogP contribution in [0.3, 0.4) is 0 Å². The molecule has 0 aromatic heterocycles. The minimum atomic E-state index is -0.601. The van der Waals surface area contributed by atoms with Crippen molar-refractivity contribution in [1.29, 1.82) is 0 Å². The number of carbonyl (C=O) groups excluding carboxylic acids is 2. The van der Waals surface area contributed by atoms with Crippen molar-refractivity contribution in [3.63, 3.8) is 0 Å². The van der Waals surface area contributed by atoms with Gasteiger partial charge in [0.1, 0.15) is 5.69 Å². The number of benzene rings is 3. The van der Waals surface area contributed by atoms with Crippen LogP contribution in [0.1, 0.15) is 27.1 Å². The van der Waals surface area contributed by atoms with Crippen LogP contribution in [0.2, 0.25) is 0 Å². The van der Waals surface area contributed by atoms with Gasteiger partial charge in [0.05, 0.1) is 10.5 Å². The average Bonchev–Trinajstić information content (AvgIpc) is 2.74. The molecule has 8 nitrogen and oxygen atoms in total. The van der Waals surface area contributed by atoms with Gasteiger partial charge >= 0.3 is 0 Å². The number of nitrogens with zero attached hydrogens (tertiary/aromatic N) is 2. The standard InChI is InChI=1S/C21H16BrN3O5/c22-12-5-7-13(8-6-12)23-19-14-3-1-4-15-18(14)16(11-17(19)25(29)30)21(28)24(20(15)27)9-2-10-26/h1,3-8,11,23,26H,2,9-10H2. The van der Waals surface area contributed by atoms with Crippen molar-refractivity contribution in [3.05, 3.63) is 74.2 Å². The first-order chi connectivity index (χ1) is 14.4. The number of carbonyl (C=O) groups is 2. The number of imide groups is 1. The van der Waals surface area contributed by atoms with Crippen LogP contribution in [0.5, 0.6) is 0 Å². The molecule has 0 bridgehead atoms. The first-order valence-electron chi connectivity index (χ1n) is 9.16. The molecule has 0 aliphatic carbocycles. The summed E-state index contributed by atoms with van der Waals surface area (Å²) < 4.78 is 0.860. The number of nitro groups is 1. The summed E-state index contributed by atoms with van der Waals surface area (Å²) in [5.74, 6) is -1.08. The number of aliphatic hydroxyl groups excluding tert-OH is 1. The van der Waals surface area contributed by atoms with Crippen LogP contribution in [0.15, 0.2) is 53.0 Å². The first kappa shape index (κ1) is 20.0. The van der Waals surface area contributed by atoms with Gasteiger partial charge < -0.3 is 10.4 Å². The quantitative estimate of drug-likeness (QED) is 0.317. The van der Waals surface area contributed by atoms with Crippen molar-refractivity contribution in [2.75, 3.05) is 18.5 Å². The van der Waals surface area contributed by atoms with Gasteiger partial charge in [-0.3, -0.25) is 24.6 Å². The maximum absolute atomic E-state index is 13.0. The number of halogens is 1. The van der Waals surface area contributed by atoms with Gasteiger partial charge in [-0.2, -0.15) is 0 Å². The molecule has 0 fully saturated rings. The summed E-state index contributed by atoms with van der Waals surface area (Å²) in [4.78, 5) is 38.2. The summed E-state index contributed by atoms with van der Waals surface area (Å²) >= 11 is 3.35. The Balaban J connectivity index is 1.94. The summed E-state index contributed by atoms with van der Waals surface area (Å²) in [5, 5.41) is 24.8. The number of nitro benzene ring substituents is 1. The lowest BCUT2D eigenvalue weighted by Crippen LogP contribution is -2.41. The molecule has 3 aromatic rings. The molecule has 4 rings (SSSR count). The summed E-state index contributed by atoms with van der Waals surface area (Å²) in [6, 6.07) is 13.2. The van der Waals surface area contributed by atoms with Gasteiger partial charge in [0.2, 0.25) is 0 Å². The minimum absolute atomic E-state index is 0.0384. The molecular weight excluding hydrogens is 454 g/mol. The van der Waals surface area contributed by atoms with Crippen LogP contribution < -0.4 is 5.32 Å². The van der Waals surface area contributed by atoms with E-state index in [2.05, 4.69) is 21.2 Å². The van der Waals surface area contributed by atoms with E-state index in [-0.39, 0.29) is 36.5 Å². The maximum atomic E-state index is 13.0. The largest absolute Gasteiger partial charge is 0.396 e. The van der Waals surface area contributed by atoms with E-state index >= 15 is 0 Å². The van der Waals surface area contributed by atoms with Crippen LogP contribution in [-0.4, -0.2) is 39.9 Å². The minimum Gasteiger partial charge on any atom is -0.396 e. The third kappa shape index (κ3) is 3.31. The monoisotopic (exact) mass is 469 g/mol. The van der Waals surface area contributed by atoms with E-state index < -0.39 is 16.7 Å². The number of anilines is 2. The van der Waals surface area contributed by atoms with Crippen LogP contribution in [0, 0.1) is 10.1 Å². The molecule has 1 aliphatic rings. The predicted molar refractivity (Wildman–Crippen MR) is 115 cm³/mol. The third-order valence-electron chi connectivity index (χ3n) is 4.94. The highest BCUT2D eigenvalue weighted by Crippen LogP contribution is 2.41. The SMILES string of the molecule is O=C1c2cccc3c(Nc4ccc(Br)cc4)c([N+](=O)[O-])cc(c23)C(=O)N1CCCO.